The van der Waals surface area contributed by atoms with Crippen molar-refractivity contribution in [1.29, 1.82) is 0 Å². The van der Waals surface area contributed by atoms with Crippen LogP contribution in [0.15, 0.2) is 24.3 Å². The summed E-state index contributed by atoms with van der Waals surface area (Å²) in [5.41, 5.74) is -0.588. The molecule has 0 aliphatic rings. The number of carbonyl (C=O) groups is 2. The van der Waals surface area contributed by atoms with E-state index in [0.717, 1.165) is 12.8 Å². The van der Waals surface area contributed by atoms with Gasteiger partial charge < -0.3 is 14.4 Å². The van der Waals surface area contributed by atoms with Gasteiger partial charge in [-0.3, -0.25) is 5.32 Å². The van der Waals surface area contributed by atoms with Crippen molar-refractivity contribution in [2.75, 3.05) is 27.2 Å². The van der Waals surface area contributed by atoms with Crippen molar-refractivity contribution < 1.29 is 19.1 Å². The van der Waals surface area contributed by atoms with Crippen LogP contribution in [0.1, 0.15) is 40.5 Å². The highest BCUT2D eigenvalue weighted by Crippen LogP contribution is 2.20. The van der Waals surface area contributed by atoms with E-state index in [4.69, 9.17) is 9.47 Å². The van der Waals surface area contributed by atoms with Crippen molar-refractivity contribution >= 4 is 11.9 Å². The molecule has 0 bridgehead atoms. The standard InChI is InChI=1S/C18H32N2O4/c1-9-10-11-19-18(15(6)20(7)8,24-17(22)14(4)5)12-23-16(21)13(2)3/h15,19H,2,4,9-12H2,1,3,5-8H3. The van der Waals surface area contributed by atoms with Gasteiger partial charge in [-0.2, -0.15) is 0 Å². The molecular weight excluding hydrogens is 308 g/mol. The van der Waals surface area contributed by atoms with E-state index >= 15 is 0 Å². The van der Waals surface area contributed by atoms with Gasteiger partial charge >= 0.3 is 11.9 Å². The van der Waals surface area contributed by atoms with Crippen LogP contribution in [0.3, 0.4) is 0 Å². The zero-order valence-corrected chi connectivity index (χ0v) is 15.9. The van der Waals surface area contributed by atoms with E-state index in [2.05, 4.69) is 25.4 Å². The number of hydrogen-bond acceptors (Lipinski definition) is 6. The molecule has 0 aromatic carbocycles. The predicted molar refractivity (Wildman–Crippen MR) is 95.5 cm³/mol. The molecule has 24 heavy (non-hydrogen) atoms. The van der Waals surface area contributed by atoms with E-state index in [1.54, 1.807) is 13.8 Å². The number of rotatable bonds is 11. The maximum atomic E-state index is 12.2. The van der Waals surface area contributed by atoms with Crippen molar-refractivity contribution in [3.05, 3.63) is 24.3 Å². The quantitative estimate of drug-likeness (QED) is 0.269. The molecule has 6 nitrogen and oxygen atoms in total. The first-order valence-electron chi connectivity index (χ1n) is 8.20. The summed E-state index contributed by atoms with van der Waals surface area (Å²) >= 11 is 0. The van der Waals surface area contributed by atoms with Gasteiger partial charge in [0, 0.05) is 11.1 Å². The molecular formula is C18H32N2O4. The van der Waals surface area contributed by atoms with Gasteiger partial charge in [0.05, 0.1) is 6.04 Å². The normalized spacial score (nSPS) is 14.6. The number of likely N-dealkylation sites (N-methyl/N-ethyl adjacent to an activating group) is 1. The third-order valence-electron chi connectivity index (χ3n) is 3.79. The van der Waals surface area contributed by atoms with Crippen molar-refractivity contribution in [2.24, 2.45) is 0 Å². The van der Waals surface area contributed by atoms with E-state index in [0.29, 0.717) is 12.1 Å². The van der Waals surface area contributed by atoms with E-state index in [-0.39, 0.29) is 18.2 Å². The zero-order valence-electron chi connectivity index (χ0n) is 15.9. The average Bonchev–Trinajstić information content (AvgIpc) is 2.50. The lowest BCUT2D eigenvalue weighted by Gasteiger charge is -2.41. The van der Waals surface area contributed by atoms with Gasteiger partial charge in [-0.05, 0) is 47.8 Å². The topological polar surface area (TPSA) is 67.9 Å². The van der Waals surface area contributed by atoms with Crippen molar-refractivity contribution in [2.45, 2.75) is 52.3 Å². The Hall–Kier alpha value is -1.66. The number of unbranched alkanes of at least 4 members (excludes halogenated alkanes) is 1. The molecule has 2 unspecified atom stereocenters. The minimum absolute atomic E-state index is 0.110. The number of carbonyl (C=O) groups excluding carboxylic acids is 2. The molecule has 0 rings (SSSR count). The Kier molecular flexibility index (Phi) is 9.55. The maximum absolute atomic E-state index is 12.2. The minimum Gasteiger partial charge on any atom is -0.456 e. The molecule has 0 saturated carbocycles. The summed E-state index contributed by atoms with van der Waals surface area (Å²) in [4.78, 5) is 25.9. The molecule has 138 valence electrons. The van der Waals surface area contributed by atoms with E-state index in [9.17, 15) is 9.59 Å². The van der Waals surface area contributed by atoms with Gasteiger partial charge in [-0.25, -0.2) is 9.59 Å². The number of nitrogens with one attached hydrogen (secondary N) is 1. The van der Waals surface area contributed by atoms with Crippen LogP contribution in [0.5, 0.6) is 0 Å². The Balaban J connectivity index is 5.54. The van der Waals surface area contributed by atoms with Crippen molar-refractivity contribution in [3.8, 4) is 0 Å². The first-order chi connectivity index (χ1) is 11.1. The van der Waals surface area contributed by atoms with Crippen LogP contribution in [0.4, 0.5) is 0 Å². The molecule has 0 radical (unpaired) electrons. The Labute approximate surface area is 145 Å². The van der Waals surface area contributed by atoms with Crippen LogP contribution >= 0.6 is 0 Å². The lowest BCUT2D eigenvalue weighted by atomic mass is 10.0. The first kappa shape index (κ1) is 22.3. The SMILES string of the molecule is C=C(C)C(=O)OCC(NCCCC)(OC(=O)C(=C)C)C(C)N(C)C. The van der Waals surface area contributed by atoms with Crippen LogP contribution in [-0.2, 0) is 19.1 Å². The molecule has 0 aliphatic carbocycles. The van der Waals surface area contributed by atoms with Crippen LogP contribution in [-0.4, -0.2) is 55.9 Å². The summed E-state index contributed by atoms with van der Waals surface area (Å²) in [5, 5.41) is 3.26. The highest BCUT2D eigenvalue weighted by atomic mass is 16.6. The van der Waals surface area contributed by atoms with Crippen molar-refractivity contribution in [1.82, 2.24) is 10.2 Å². The van der Waals surface area contributed by atoms with E-state index < -0.39 is 17.7 Å². The molecule has 2 atom stereocenters. The Bertz CT molecular complexity index is 474. The molecule has 0 spiro atoms. The summed E-state index contributed by atoms with van der Waals surface area (Å²) in [5.74, 6) is -1.05. The molecule has 6 heteroatoms. The second-order valence-corrected chi connectivity index (χ2v) is 6.34. The lowest BCUT2D eigenvalue weighted by molar-refractivity contribution is -0.182. The zero-order chi connectivity index (χ0) is 18.9. The molecule has 0 aromatic heterocycles. The molecule has 0 fully saturated rings. The maximum Gasteiger partial charge on any atom is 0.335 e. The monoisotopic (exact) mass is 340 g/mol. The summed E-state index contributed by atoms with van der Waals surface area (Å²) < 4.78 is 11.0. The summed E-state index contributed by atoms with van der Waals surface area (Å²) in [7, 11) is 3.74. The Morgan fingerprint density at radius 2 is 1.71 bits per heavy atom. The molecule has 0 saturated heterocycles. The van der Waals surface area contributed by atoms with Gasteiger partial charge in [0.25, 0.3) is 0 Å². The summed E-state index contributed by atoms with van der Waals surface area (Å²) in [6, 6.07) is -0.240. The second-order valence-electron chi connectivity index (χ2n) is 6.34. The highest BCUT2D eigenvalue weighted by molar-refractivity contribution is 5.88. The summed E-state index contributed by atoms with van der Waals surface area (Å²) in [6.07, 6.45) is 1.89. The number of hydrogen-bond donors (Lipinski definition) is 1. The number of ether oxygens (including phenoxy) is 2. The van der Waals surface area contributed by atoms with Crippen LogP contribution < -0.4 is 5.32 Å². The van der Waals surface area contributed by atoms with Gasteiger partial charge in [0.2, 0.25) is 5.72 Å². The van der Waals surface area contributed by atoms with Gasteiger partial charge in [0.15, 0.2) is 0 Å². The van der Waals surface area contributed by atoms with Crippen LogP contribution in [0.2, 0.25) is 0 Å². The fraction of sp³-hybridized carbons (Fsp3) is 0.667. The largest absolute Gasteiger partial charge is 0.456 e. The molecule has 0 aromatic rings. The van der Waals surface area contributed by atoms with Crippen molar-refractivity contribution in [3.63, 3.8) is 0 Å². The highest BCUT2D eigenvalue weighted by Gasteiger charge is 2.42. The lowest BCUT2D eigenvalue weighted by Crippen LogP contribution is -2.64. The Morgan fingerprint density at radius 1 is 1.17 bits per heavy atom. The second kappa shape index (κ2) is 10.3. The van der Waals surface area contributed by atoms with E-state index in [1.165, 1.54) is 0 Å². The summed E-state index contributed by atoms with van der Waals surface area (Å²) in [6.45, 7) is 14.8. The number of nitrogens with zero attached hydrogens (tertiary/aromatic N) is 1. The van der Waals surface area contributed by atoms with Crippen LogP contribution in [0.25, 0.3) is 0 Å². The number of esters is 2. The Morgan fingerprint density at radius 3 is 2.12 bits per heavy atom. The molecule has 0 heterocycles. The fourth-order valence-electron chi connectivity index (χ4n) is 1.91. The minimum atomic E-state index is -1.17. The molecule has 0 amide bonds. The van der Waals surface area contributed by atoms with Crippen LogP contribution in [0, 0.1) is 0 Å². The average molecular weight is 340 g/mol. The molecule has 1 N–H and O–H groups in total. The third kappa shape index (κ3) is 6.84. The fourth-order valence-corrected chi connectivity index (χ4v) is 1.91. The van der Waals surface area contributed by atoms with Gasteiger partial charge in [0.1, 0.15) is 6.61 Å². The third-order valence-corrected chi connectivity index (χ3v) is 3.79. The van der Waals surface area contributed by atoms with Gasteiger partial charge in [-0.15, -0.1) is 0 Å². The predicted octanol–water partition coefficient (Wildman–Crippen LogP) is 2.26. The van der Waals surface area contributed by atoms with Gasteiger partial charge in [-0.1, -0.05) is 26.5 Å². The first-order valence-corrected chi connectivity index (χ1v) is 8.20. The molecule has 0 aliphatic heterocycles. The smallest absolute Gasteiger partial charge is 0.335 e. The van der Waals surface area contributed by atoms with E-state index in [1.807, 2.05) is 25.9 Å².